The van der Waals surface area contributed by atoms with E-state index in [-0.39, 0.29) is 17.9 Å². The highest BCUT2D eigenvalue weighted by Crippen LogP contribution is 2.29. The van der Waals surface area contributed by atoms with Crippen LogP contribution < -0.4 is 10.1 Å². The first-order valence-electron chi connectivity index (χ1n) is 9.50. The number of aromatic nitrogens is 1. The van der Waals surface area contributed by atoms with Crippen molar-refractivity contribution in [3.8, 4) is 5.88 Å². The predicted octanol–water partition coefficient (Wildman–Crippen LogP) is 3.48. The van der Waals surface area contributed by atoms with E-state index >= 15 is 0 Å². The van der Waals surface area contributed by atoms with Crippen molar-refractivity contribution in [3.63, 3.8) is 0 Å². The highest BCUT2D eigenvalue weighted by atomic mass is 19.1. The second-order valence-corrected chi connectivity index (χ2v) is 7.12. The molecule has 2 aromatic rings. The molecule has 7 nitrogen and oxygen atoms in total. The van der Waals surface area contributed by atoms with E-state index in [1.165, 1.54) is 36.3 Å². The van der Waals surface area contributed by atoms with E-state index in [0.717, 1.165) is 18.4 Å². The Morgan fingerprint density at radius 3 is 2.48 bits per heavy atom. The number of nitrogens with one attached hydrogen (secondary N) is 1. The SMILES string of the molecule is COc1ccc(C(CC2CCN(C(=O)O)CC2)NC(=O)c2ccc(F)cc2)cn1. The third-order valence-electron chi connectivity index (χ3n) is 5.24. The molecule has 0 aliphatic carbocycles. The van der Waals surface area contributed by atoms with E-state index in [1.54, 1.807) is 12.3 Å². The van der Waals surface area contributed by atoms with E-state index < -0.39 is 11.9 Å². The largest absolute Gasteiger partial charge is 0.481 e. The maximum atomic E-state index is 13.1. The number of halogens is 1. The minimum Gasteiger partial charge on any atom is -0.481 e. The third kappa shape index (κ3) is 5.43. The van der Waals surface area contributed by atoms with E-state index in [0.29, 0.717) is 31.0 Å². The Labute approximate surface area is 168 Å². The van der Waals surface area contributed by atoms with Gasteiger partial charge in [0.15, 0.2) is 0 Å². The topological polar surface area (TPSA) is 91.8 Å². The van der Waals surface area contributed by atoms with Gasteiger partial charge in [0.2, 0.25) is 5.88 Å². The van der Waals surface area contributed by atoms with E-state index in [4.69, 9.17) is 9.84 Å². The summed E-state index contributed by atoms with van der Waals surface area (Å²) >= 11 is 0. The predicted molar refractivity (Wildman–Crippen MR) is 104 cm³/mol. The van der Waals surface area contributed by atoms with Crippen molar-refractivity contribution in [2.45, 2.75) is 25.3 Å². The van der Waals surface area contributed by atoms with Crippen LogP contribution in [0.25, 0.3) is 0 Å². The van der Waals surface area contributed by atoms with Crippen LogP contribution in [0.4, 0.5) is 9.18 Å². The molecule has 0 spiro atoms. The molecule has 3 rings (SSSR count). The summed E-state index contributed by atoms with van der Waals surface area (Å²) in [5.74, 6) is 0.0507. The molecule has 154 valence electrons. The van der Waals surface area contributed by atoms with Crippen LogP contribution in [-0.4, -0.2) is 47.2 Å². The summed E-state index contributed by atoms with van der Waals surface area (Å²) in [5, 5.41) is 12.1. The Balaban J connectivity index is 1.73. The number of benzene rings is 1. The minimum absolute atomic E-state index is 0.270. The van der Waals surface area contributed by atoms with E-state index in [9.17, 15) is 14.0 Å². The summed E-state index contributed by atoms with van der Waals surface area (Å²) in [7, 11) is 1.53. The molecule has 1 atom stereocenters. The number of amides is 2. The van der Waals surface area contributed by atoms with Gasteiger partial charge in [-0.1, -0.05) is 6.07 Å². The van der Waals surface area contributed by atoms with Crippen LogP contribution in [0, 0.1) is 11.7 Å². The fourth-order valence-electron chi connectivity index (χ4n) is 3.53. The number of hydrogen-bond donors (Lipinski definition) is 2. The summed E-state index contributed by atoms with van der Waals surface area (Å²) in [6, 6.07) is 8.68. The van der Waals surface area contributed by atoms with Crippen LogP contribution in [0.2, 0.25) is 0 Å². The van der Waals surface area contributed by atoms with Gasteiger partial charge in [0.1, 0.15) is 5.82 Å². The Bertz CT molecular complexity index is 834. The van der Waals surface area contributed by atoms with Crippen LogP contribution in [0.1, 0.15) is 41.2 Å². The number of ether oxygens (including phenoxy) is 1. The van der Waals surface area contributed by atoms with Crippen molar-refractivity contribution in [1.82, 2.24) is 15.2 Å². The lowest BCUT2D eigenvalue weighted by Crippen LogP contribution is -2.39. The zero-order valence-electron chi connectivity index (χ0n) is 16.2. The van der Waals surface area contributed by atoms with Crippen LogP contribution in [0.5, 0.6) is 5.88 Å². The molecule has 8 heteroatoms. The molecule has 2 amide bonds. The van der Waals surface area contributed by atoms with E-state index in [2.05, 4.69) is 10.3 Å². The van der Waals surface area contributed by atoms with Crippen LogP contribution in [-0.2, 0) is 0 Å². The molecule has 1 aromatic heterocycles. The maximum absolute atomic E-state index is 13.1. The Kier molecular flexibility index (Phi) is 6.64. The molecule has 0 radical (unpaired) electrons. The quantitative estimate of drug-likeness (QED) is 0.773. The van der Waals surface area contributed by atoms with Gasteiger partial charge in [-0.05, 0) is 55.0 Å². The van der Waals surface area contributed by atoms with Gasteiger partial charge in [-0.3, -0.25) is 4.79 Å². The van der Waals surface area contributed by atoms with Crippen LogP contribution in [0.15, 0.2) is 42.6 Å². The van der Waals surface area contributed by atoms with Gasteiger partial charge >= 0.3 is 6.09 Å². The summed E-state index contributed by atoms with van der Waals surface area (Å²) in [6.07, 6.45) is 2.90. The number of pyridine rings is 1. The van der Waals surface area contributed by atoms with E-state index in [1.807, 2.05) is 6.07 Å². The number of carboxylic acid groups (broad SMARTS) is 1. The first-order chi connectivity index (χ1) is 14.0. The number of rotatable bonds is 6. The van der Waals surface area contributed by atoms with Gasteiger partial charge < -0.3 is 20.1 Å². The zero-order valence-corrected chi connectivity index (χ0v) is 16.2. The molecule has 1 saturated heterocycles. The van der Waals surface area contributed by atoms with Gasteiger partial charge in [-0.15, -0.1) is 0 Å². The minimum atomic E-state index is -0.899. The molecular weight excluding hydrogens is 377 g/mol. The van der Waals surface area contributed by atoms with Crippen molar-refractivity contribution >= 4 is 12.0 Å². The lowest BCUT2D eigenvalue weighted by molar-refractivity contribution is 0.0922. The van der Waals surface area contributed by atoms with Crippen LogP contribution in [0.3, 0.4) is 0 Å². The van der Waals surface area contributed by atoms with Crippen molar-refractivity contribution in [2.24, 2.45) is 5.92 Å². The molecule has 2 N–H and O–H groups in total. The zero-order chi connectivity index (χ0) is 20.8. The fourth-order valence-corrected chi connectivity index (χ4v) is 3.53. The summed E-state index contributed by atoms with van der Waals surface area (Å²) in [5.41, 5.74) is 1.21. The van der Waals surface area contributed by atoms with Gasteiger partial charge in [-0.25, -0.2) is 14.2 Å². The molecule has 1 aliphatic heterocycles. The van der Waals surface area contributed by atoms with Crippen LogP contribution >= 0.6 is 0 Å². The lowest BCUT2D eigenvalue weighted by atomic mass is 9.88. The van der Waals surface area contributed by atoms with Gasteiger partial charge in [0.05, 0.1) is 13.2 Å². The van der Waals surface area contributed by atoms with Gasteiger partial charge in [-0.2, -0.15) is 0 Å². The van der Waals surface area contributed by atoms with Crippen molar-refractivity contribution < 1.29 is 23.8 Å². The Hall–Kier alpha value is -3.16. The maximum Gasteiger partial charge on any atom is 0.407 e. The molecule has 2 heterocycles. The molecule has 1 aliphatic rings. The Morgan fingerprint density at radius 1 is 1.24 bits per heavy atom. The molecule has 1 unspecified atom stereocenters. The highest BCUT2D eigenvalue weighted by Gasteiger charge is 2.26. The van der Waals surface area contributed by atoms with Crippen molar-refractivity contribution in [1.29, 1.82) is 0 Å². The van der Waals surface area contributed by atoms with Gasteiger partial charge in [0.25, 0.3) is 5.91 Å². The number of carbonyl (C=O) groups excluding carboxylic acids is 1. The molecule has 1 aromatic carbocycles. The second kappa shape index (κ2) is 9.36. The van der Waals surface area contributed by atoms with Gasteiger partial charge in [0, 0.05) is 30.9 Å². The number of methoxy groups -OCH3 is 1. The number of likely N-dealkylation sites (tertiary alicyclic amines) is 1. The smallest absolute Gasteiger partial charge is 0.407 e. The first-order valence-corrected chi connectivity index (χ1v) is 9.50. The lowest BCUT2D eigenvalue weighted by Gasteiger charge is -2.32. The van der Waals surface area contributed by atoms with Crippen molar-refractivity contribution in [2.75, 3.05) is 20.2 Å². The molecule has 1 fully saturated rings. The molecule has 29 heavy (non-hydrogen) atoms. The summed E-state index contributed by atoms with van der Waals surface area (Å²) in [6.45, 7) is 0.971. The average molecular weight is 401 g/mol. The Morgan fingerprint density at radius 2 is 1.93 bits per heavy atom. The number of carbonyl (C=O) groups is 2. The normalized spacial score (nSPS) is 15.6. The highest BCUT2D eigenvalue weighted by molar-refractivity contribution is 5.94. The first kappa shape index (κ1) is 20.6. The van der Waals surface area contributed by atoms with Crippen molar-refractivity contribution in [3.05, 3.63) is 59.5 Å². The number of piperidine rings is 1. The molecule has 0 saturated carbocycles. The number of nitrogens with zero attached hydrogens (tertiary/aromatic N) is 2. The molecule has 0 bridgehead atoms. The summed E-state index contributed by atoms with van der Waals surface area (Å²) < 4.78 is 18.2. The average Bonchev–Trinajstić information content (AvgIpc) is 2.74. The summed E-state index contributed by atoms with van der Waals surface area (Å²) in [4.78, 5) is 29.4. The monoisotopic (exact) mass is 401 g/mol. The fraction of sp³-hybridized carbons (Fsp3) is 0.381. The molecular formula is C21H24FN3O4. The number of hydrogen-bond acceptors (Lipinski definition) is 4. The standard InChI is InChI=1S/C21H24FN3O4/c1-29-19-7-4-16(13-23-19)18(12-14-8-10-25(11-9-14)21(27)28)24-20(26)15-2-5-17(22)6-3-15/h2-7,13-14,18H,8-12H2,1H3,(H,24,26)(H,27,28). The third-order valence-corrected chi connectivity index (χ3v) is 5.24. The second-order valence-electron chi connectivity index (χ2n) is 7.12.